The molecule has 0 radical (unpaired) electrons. The average Bonchev–Trinajstić information content (AvgIpc) is 2.70. The molecular formula is C17H29N3. The summed E-state index contributed by atoms with van der Waals surface area (Å²) in [6.45, 7) is 7.12. The van der Waals surface area contributed by atoms with Gasteiger partial charge in [-0.25, -0.2) is 0 Å². The summed E-state index contributed by atoms with van der Waals surface area (Å²) >= 11 is 0. The lowest BCUT2D eigenvalue weighted by atomic mass is 9.96. The van der Waals surface area contributed by atoms with Crippen molar-refractivity contribution in [3.05, 3.63) is 35.9 Å². The van der Waals surface area contributed by atoms with Crippen LogP contribution in [0.3, 0.4) is 0 Å². The van der Waals surface area contributed by atoms with Crippen LogP contribution in [0.5, 0.6) is 0 Å². The summed E-state index contributed by atoms with van der Waals surface area (Å²) in [5.74, 6) is 0. The fourth-order valence-electron chi connectivity index (χ4n) is 3.34. The third-order valence-corrected chi connectivity index (χ3v) is 4.50. The molecule has 112 valence electrons. The molecule has 20 heavy (non-hydrogen) atoms. The van der Waals surface area contributed by atoms with Crippen LogP contribution in [-0.2, 0) is 0 Å². The molecule has 1 aromatic carbocycles. The molecule has 0 bridgehead atoms. The van der Waals surface area contributed by atoms with Crippen LogP contribution in [0.15, 0.2) is 30.3 Å². The van der Waals surface area contributed by atoms with Gasteiger partial charge in [0.05, 0.1) is 0 Å². The van der Waals surface area contributed by atoms with E-state index in [9.17, 15) is 0 Å². The summed E-state index contributed by atoms with van der Waals surface area (Å²) in [4.78, 5) is 5.13. The van der Waals surface area contributed by atoms with Gasteiger partial charge in [-0.15, -0.1) is 0 Å². The summed E-state index contributed by atoms with van der Waals surface area (Å²) in [6.07, 6.45) is 2.46. The van der Waals surface area contributed by atoms with Gasteiger partial charge in [-0.3, -0.25) is 4.90 Å². The quantitative estimate of drug-likeness (QED) is 0.890. The van der Waals surface area contributed by atoms with Crippen LogP contribution in [0.25, 0.3) is 0 Å². The number of rotatable bonds is 5. The highest BCUT2D eigenvalue weighted by atomic mass is 15.2. The summed E-state index contributed by atoms with van der Waals surface area (Å²) in [5, 5.41) is 3.54. The van der Waals surface area contributed by atoms with E-state index in [0.29, 0.717) is 12.1 Å². The molecule has 2 unspecified atom stereocenters. The SMILES string of the molecule is CCC(C(NC)c1ccccc1)N1CCCN(C)CC1. The molecule has 1 saturated heterocycles. The van der Waals surface area contributed by atoms with Gasteiger partial charge in [0.1, 0.15) is 0 Å². The van der Waals surface area contributed by atoms with E-state index in [-0.39, 0.29) is 0 Å². The molecule has 3 heteroatoms. The Morgan fingerprint density at radius 2 is 1.85 bits per heavy atom. The molecule has 1 aliphatic heterocycles. The minimum Gasteiger partial charge on any atom is -0.312 e. The molecule has 2 rings (SSSR count). The second kappa shape index (κ2) is 7.77. The third kappa shape index (κ3) is 3.81. The smallest absolute Gasteiger partial charge is 0.0475 e. The molecule has 0 saturated carbocycles. The molecule has 1 N–H and O–H groups in total. The zero-order valence-electron chi connectivity index (χ0n) is 13.2. The van der Waals surface area contributed by atoms with Crippen molar-refractivity contribution in [1.82, 2.24) is 15.1 Å². The lowest BCUT2D eigenvalue weighted by Gasteiger charge is -2.36. The number of benzene rings is 1. The van der Waals surface area contributed by atoms with Gasteiger partial charge in [-0.05, 0) is 45.6 Å². The topological polar surface area (TPSA) is 18.5 Å². The highest BCUT2D eigenvalue weighted by molar-refractivity contribution is 5.20. The minimum absolute atomic E-state index is 0.421. The van der Waals surface area contributed by atoms with Gasteiger partial charge in [-0.1, -0.05) is 37.3 Å². The van der Waals surface area contributed by atoms with E-state index in [1.165, 1.54) is 44.6 Å². The fourth-order valence-corrected chi connectivity index (χ4v) is 3.34. The van der Waals surface area contributed by atoms with Crippen molar-refractivity contribution in [2.75, 3.05) is 40.3 Å². The summed E-state index contributed by atoms with van der Waals surface area (Å²) in [5.41, 5.74) is 1.40. The monoisotopic (exact) mass is 275 g/mol. The van der Waals surface area contributed by atoms with E-state index in [0.717, 1.165) is 0 Å². The second-order valence-electron chi connectivity index (χ2n) is 5.85. The second-order valence-corrected chi connectivity index (χ2v) is 5.85. The fraction of sp³-hybridized carbons (Fsp3) is 0.647. The Morgan fingerprint density at radius 3 is 2.50 bits per heavy atom. The lowest BCUT2D eigenvalue weighted by Crippen LogP contribution is -2.45. The number of nitrogens with one attached hydrogen (secondary N) is 1. The van der Waals surface area contributed by atoms with Crippen molar-refractivity contribution >= 4 is 0 Å². The number of hydrogen-bond donors (Lipinski definition) is 1. The molecular weight excluding hydrogens is 246 g/mol. The summed E-state index contributed by atoms with van der Waals surface area (Å²) in [7, 11) is 4.32. The van der Waals surface area contributed by atoms with Gasteiger partial charge in [0.2, 0.25) is 0 Å². The first kappa shape index (κ1) is 15.5. The first-order valence-corrected chi connectivity index (χ1v) is 7.91. The Morgan fingerprint density at radius 1 is 1.10 bits per heavy atom. The summed E-state index contributed by atoms with van der Waals surface area (Å²) in [6, 6.07) is 11.9. The molecule has 3 nitrogen and oxygen atoms in total. The Balaban J connectivity index is 2.12. The lowest BCUT2D eigenvalue weighted by molar-refractivity contribution is 0.160. The standard InChI is InChI=1S/C17H29N3/c1-4-16(20-12-8-11-19(3)13-14-20)17(18-2)15-9-6-5-7-10-15/h5-7,9-10,16-18H,4,8,11-14H2,1-3H3. The molecule has 2 atom stereocenters. The molecule has 1 heterocycles. The van der Waals surface area contributed by atoms with Crippen molar-refractivity contribution in [3.63, 3.8) is 0 Å². The Bertz CT molecular complexity index is 379. The zero-order valence-corrected chi connectivity index (χ0v) is 13.2. The maximum absolute atomic E-state index is 3.54. The van der Waals surface area contributed by atoms with Crippen LogP contribution < -0.4 is 5.32 Å². The normalized spacial score (nSPS) is 21.4. The zero-order chi connectivity index (χ0) is 14.4. The van der Waals surface area contributed by atoms with Crippen molar-refractivity contribution in [2.24, 2.45) is 0 Å². The van der Waals surface area contributed by atoms with Gasteiger partial charge in [0.25, 0.3) is 0 Å². The molecule has 1 aliphatic rings. The molecule has 0 aliphatic carbocycles. The number of hydrogen-bond acceptors (Lipinski definition) is 3. The predicted octanol–water partition coefficient (Wildman–Crippen LogP) is 2.36. The molecule has 0 aromatic heterocycles. The predicted molar refractivity (Wildman–Crippen MR) is 86.0 cm³/mol. The van der Waals surface area contributed by atoms with Gasteiger partial charge >= 0.3 is 0 Å². The van der Waals surface area contributed by atoms with Crippen LogP contribution in [0.1, 0.15) is 31.4 Å². The van der Waals surface area contributed by atoms with Crippen molar-refractivity contribution in [3.8, 4) is 0 Å². The Hall–Kier alpha value is -0.900. The molecule has 1 fully saturated rings. The Labute approximate surface area is 124 Å². The average molecular weight is 275 g/mol. The first-order valence-electron chi connectivity index (χ1n) is 7.91. The van der Waals surface area contributed by atoms with E-state index in [2.05, 4.69) is 66.5 Å². The maximum atomic E-state index is 3.54. The summed E-state index contributed by atoms with van der Waals surface area (Å²) < 4.78 is 0. The van der Waals surface area contributed by atoms with E-state index in [4.69, 9.17) is 0 Å². The largest absolute Gasteiger partial charge is 0.312 e. The van der Waals surface area contributed by atoms with E-state index >= 15 is 0 Å². The van der Waals surface area contributed by atoms with Crippen LogP contribution in [0.4, 0.5) is 0 Å². The van der Waals surface area contributed by atoms with Crippen molar-refractivity contribution in [1.29, 1.82) is 0 Å². The van der Waals surface area contributed by atoms with Crippen LogP contribution in [0.2, 0.25) is 0 Å². The van der Waals surface area contributed by atoms with Crippen LogP contribution in [0, 0.1) is 0 Å². The van der Waals surface area contributed by atoms with E-state index in [1.807, 2.05) is 0 Å². The van der Waals surface area contributed by atoms with Gasteiger partial charge in [-0.2, -0.15) is 0 Å². The maximum Gasteiger partial charge on any atom is 0.0475 e. The van der Waals surface area contributed by atoms with E-state index < -0.39 is 0 Å². The highest BCUT2D eigenvalue weighted by Crippen LogP contribution is 2.24. The van der Waals surface area contributed by atoms with Gasteiger partial charge < -0.3 is 10.2 Å². The number of likely N-dealkylation sites (N-methyl/N-ethyl adjacent to an activating group) is 2. The molecule has 0 amide bonds. The van der Waals surface area contributed by atoms with Gasteiger partial charge in [0.15, 0.2) is 0 Å². The van der Waals surface area contributed by atoms with E-state index in [1.54, 1.807) is 0 Å². The first-order chi connectivity index (χ1) is 9.76. The molecule has 0 spiro atoms. The third-order valence-electron chi connectivity index (χ3n) is 4.50. The van der Waals surface area contributed by atoms with Crippen LogP contribution >= 0.6 is 0 Å². The van der Waals surface area contributed by atoms with Gasteiger partial charge in [0, 0.05) is 25.2 Å². The molecule has 1 aromatic rings. The Kier molecular flexibility index (Phi) is 6.02. The highest BCUT2D eigenvalue weighted by Gasteiger charge is 2.27. The minimum atomic E-state index is 0.421. The van der Waals surface area contributed by atoms with Crippen molar-refractivity contribution < 1.29 is 0 Å². The van der Waals surface area contributed by atoms with Crippen LogP contribution in [-0.4, -0.2) is 56.1 Å². The number of nitrogens with zero attached hydrogens (tertiary/aromatic N) is 2. The van der Waals surface area contributed by atoms with Crippen molar-refractivity contribution in [2.45, 2.75) is 31.8 Å².